The minimum Gasteiger partial charge on any atom is -0.370 e. The van der Waals surface area contributed by atoms with Crippen LogP contribution in [-0.4, -0.2) is 32.3 Å². The van der Waals surface area contributed by atoms with Crippen LogP contribution < -0.4 is 10.6 Å². The molecule has 0 aromatic carbocycles. The lowest BCUT2D eigenvalue weighted by molar-refractivity contribution is 0.559. The van der Waals surface area contributed by atoms with E-state index in [-0.39, 0.29) is 6.04 Å². The molecule has 0 aliphatic rings. The second kappa shape index (κ2) is 6.88. The molecule has 0 saturated carbocycles. The highest BCUT2D eigenvalue weighted by Crippen LogP contribution is 2.12. The first kappa shape index (κ1) is 14.3. The van der Waals surface area contributed by atoms with Crippen molar-refractivity contribution in [2.24, 2.45) is 0 Å². The van der Waals surface area contributed by atoms with Crippen LogP contribution in [0.5, 0.6) is 0 Å². The highest BCUT2D eigenvalue weighted by molar-refractivity contribution is 5.47. The van der Waals surface area contributed by atoms with Gasteiger partial charge < -0.3 is 10.6 Å². The van der Waals surface area contributed by atoms with Gasteiger partial charge in [-0.3, -0.25) is 4.68 Å². The zero-order valence-corrected chi connectivity index (χ0v) is 12.3. The lowest BCUT2D eigenvalue weighted by Crippen LogP contribution is -2.23. The van der Waals surface area contributed by atoms with Crippen LogP contribution >= 0.6 is 0 Å². The maximum absolute atomic E-state index is 4.42. The van der Waals surface area contributed by atoms with Crippen molar-refractivity contribution < 1.29 is 0 Å². The number of nitrogens with zero attached hydrogens (tertiary/aromatic N) is 4. The zero-order valence-electron chi connectivity index (χ0n) is 12.3. The van der Waals surface area contributed by atoms with Crippen LogP contribution in [0.15, 0.2) is 24.5 Å². The average Bonchev–Trinajstić information content (AvgIpc) is 2.88. The van der Waals surface area contributed by atoms with E-state index >= 15 is 0 Å². The third kappa shape index (κ3) is 4.22. The molecule has 2 aromatic rings. The Balaban J connectivity index is 1.98. The van der Waals surface area contributed by atoms with Gasteiger partial charge in [-0.15, -0.1) is 0 Å². The first-order chi connectivity index (χ1) is 9.67. The van der Waals surface area contributed by atoms with Gasteiger partial charge in [0.1, 0.15) is 17.5 Å². The fourth-order valence-electron chi connectivity index (χ4n) is 1.97. The second-order valence-corrected chi connectivity index (χ2v) is 4.89. The molecule has 2 N–H and O–H groups in total. The molecular formula is C14H22N6. The second-order valence-electron chi connectivity index (χ2n) is 4.89. The standard InChI is InChI=1S/C14H22N6/c1-4-6-15-13-9-14(19-12(3)18-13)17-11(2)10-20-8-5-7-16-20/h5,7-9,11H,4,6,10H2,1-3H3,(H2,15,17,18,19). The summed E-state index contributed by atoms with van der Waals surface area (Å²) in [5.41, 5.74) is 0. The van der Waals surface area contributed by atoms with Gasteiger partial charge in [0.2, 0.25) is 0 Å². The van der Waals surface area contributed by atoms with Crippen LogP contribution in [0.3, 0.4) is 0 Å². The molecule has 0 bridgehead atoms. The first-order valence-corrected chi connectivity index (χ1v) is 7.01. The summed E-state index contributed by atoms with van der Waals surface area (Å²) >= 11 is 0. The van der Waals surface area contributed by atoms with Crippen LogP contribution in [0.2, 0.25) is 0 Å². The highest BCUT2D eigenvalue weighted by Gasteiger charge is 2.06. The summed E-state index contributed by atoms with van der Waals surface area (Å²) in [5, 5.41) is 10.9. The summed E-state index contributed by atoms with van der Waals surface area (Å²) in [7, 11) is 0. The lowest BCUT2D eigenvalue weighted by atomic mass is 10.3. The fraction of sp³-hybridized carbons (Fsp3) is 0.500. The third-order valence-electron chi connectivity index (χ3n) is 2.81. The molecule has 0 fully saturated rings. The third-order valence-corrected chi connectivity index (χ3v) is 2.81. The molecule has 0 saturated heterocycles. The normalized spacial score (nSPS) is 12.2. The number of anilines is 2. The number of hydrogen-bond donors (Lipinski definition) is 2. The van der Waals surface area contributed by atoms with Crippen molar-refractivity contribution in [3.63, 3.8) is 0 Å². The molecule has 0 aliphatic heterocycles. The van der Waals surface area contributed by atoms with Crippen molar-refractivity contribution in [2.75, 3.05) is 17.2 Å². The molecule has 2 aromatic heterocycles. The monoisotopic (exact) mass is 274 g/mol. The summed E-state index contributed by atoms with van der Waals surface area (Å²) in [6, 6.07) is 4.11. The van der Waals surface area contributed by atoms with E-state index < -0.39 is 0 Å². The SMILES string of the molecule is CCCNc1cc(NC(C)Cn2cccn2)nc(C)n1. The maximum atomic E-state index is 4.42. The average molecular weight is 274 g/mol. The Hall–Kier alpha value is -2.11. The smallest absolute Gasteiger partial charge is 0.132 e. The summed E-state index contributed by atoms with van der Waals surface area (Å²) in [4.78, 5) is 8.79. The van der Waals surface area contributed by atoms with E-state index in [1.54, 1.807) is 6.20 Å². The van der Waals surface area contributed by atoms with Crippen LogP contribution in [0.25, 0.3) is 0 Å². The highest BCUT2D eigenvalue weighted by atomic mass is 15.3. The Morgan fingerprint density at radius 1 is 1.30 bits per heavy atom. The van der Waals surface area contributed by atoms with Crippen LogP contribution in [0, 0.1) is 6.92 Å². The molecule has 6 heteroatoms. The Kier molecular flexibility index (Phi) is 4.92. The zero-order chi connectivity index (χ0) is 14.4. The molecule has 0 radical (unpaired) electrons. The van der Waals surface area contributed by atoms with E-state index in [2.05, 4.69) is 39.5 Å². The number of aryl methyl sites for hydroxylation is 1. The molecule has 0 spiro atoms. The molecule has 20 heavy (non-hydrogen) atoms. The van der Waals surface area contributed by atoms with Crippen LogP contribution in [0.1, 0.15) is 26.1 Å². The van der Waals surface area contributed by atoms with E-state index in [9.17, 15) is 0 Å². The van der Waals surface area contributed by atoms with Gasteiger partial charge in [0.15, 0.2) is 0 Å². The Labute approximate surface area is 119 Å². The quantitative estimate of drug-likeness (QED) is 0.811. The summed E-state index contributed by atoms with van der Waals surface area (Å²) < 4.78 is 1.90. The van der Waals surface area contributed by atoms with Gasteiger partial charge in [-0.2, -0.15) is 5.10 Å². The van der Waals surface area contributed by atoms with Crippen molar-refractivity contribution in [3.8, 4) is 0 Å². The molecule has 1 atom stereocenters. The molecule has 0 aliphatic carbocycles. The summed E-state index contributed by atoms with van der Waals surface area (Å²) in [6.45, 7) is 7.86. The van der Waals surface area contributed by atoms with E-state index in [0.29, 0.717) is 0 Å². The molecule has 1 unspecified atom stereocenters. The molecule has 108 valence electrons. The van der Waals surface area contributed by atoms with Crippen molar-refractivity contribution in [2.45, 2.75) is 39.8 Å². The number of rotatable bonds is 7. The Morgan fingerprint density at radius 2 is 2.10 bits per heavy atom. The molecular weight excluding hydrogens is 252 g/mol. The molecule has 0 amide bonds. The van der Waals surface area contributed by atoms with Crippen molar-refractivity contribution in [1.82, 2.24) is 19.7 Å². The Bertz CT molecular complexity index is 522. The van der Waals surface area contributed by atoms with E-state index in [4.69, 9.17) is 0 Å². The summed E-state index contributed by atoms with van der Waals surface area (Å²) in [6.07, 6.45) is 4.81. The van der Waals surface area contributed by atoms with Crippen LogP contribution in [-0.2, 0) is 6.54 Å². The largest absolute Gasteiger partial charge is 0.370 e. The van der Waals surface area contributed by atoms with Gasteiger partial charge >= 0.3 is 0 Å². The van der Waals surface area contributed by atoms with Crippen molar-refractivity contribution in [1.29, 1.82) is 0 Å². The molecule has 6 nitrogen and oxygen atoms in total. The predicted molar refractivity (Wildman–Crippen MR) is 80.9 cm³/mol. The van der Waals surface area contributed by atoms with Crippen molar-refractivity contribution >= 4 is 11.6 Å². The number of hydrogen-bond acceptors (Lipinski definition) is 5. The Morgan fingerprint density at radius 3 is 2.80 bits per heavy atom. The van der Waals surface area contributed by atoms with Gasteiger partial charge in [-0.25, -0.2) is 9.97 Å². The lowest BCUT2D eigenvalue weighted by Gasteiger charge is -2.15. The summed E-state index contributed by atoms with van der Waals surface area (Å²) in [5.74, 6) is 2.48. The van der Waals surface area contributed by atoms with Crippen LogP contribution in [0.4, 0.5) is 11.6 Å². The minimum absolute atomic E-state index is 0.239. The topological polar surface area (TPSA) is 67.7 Å². The molecule has 2 rings (SSSR count). The van der Waals surface area contributed by atoms with E-state index in [0.717, 1.165) is 37.0 Å². The van der Waals surface area contributed by atoms with Crippen molar-refractivity contribution in [3.05, 3.63) is 30.4 Å². The number of nitrogens with one attached hydrogen (secondary N) is 2. The first-order valence-electron chi connectivity index (χ1n) is 7.01. The number of aromatic nitrogens is 4. The van der Waals surface area contributed by atoms with Gasteiger partial charge in [-0.1, -0.05) is 6.92 Å². The fourth-order valence-corrected chi connectivity index (χ4v) is 1.97. The maximum Gasteiger partial charge on any atom is 0.132 e. The van der Waals surface area contributed by atoms with Gasteiger partial charge in [0.25, 0.3) is 0 Å². The minimum atomic E-state index is 0.239. The van der Waals surface area contributed by atoms with E-state index in [1.165, 1.54) is 0 Å². The van der Waals surface area contributed by atoms with Gasteiger partial charge in [0, 0.05) is 31.0 Å². The van der Waals surface area contributed by atoms with Gasteiger partial charge in [-0.05, 0) is 26.3 Å². The van der Waals surface area contributed by atoms with Gasteiger partial charge in [0.05, 0.1) is 6.54 Å². The molecule has 2 heterocycles. The predicted octanol–water partition coefficient (Wildman–Crippen LogP) is 2.30. The van der Waals surface area contributed by atoms with E-state index in [1.807, 2.05) is 29.9 Å².